The summed E-state index contributed by atoms with van der Waals surface area (Å²) >= 11 is 0. The summed E-state index contributed by atoms with van der Waals surface area (Å²) in [5.41, 5.74) is 1.04. The van der Waals surface area contributed by atoms with E-state index in [4.69, 9.17) is 4.74 Å². The Morgan fingerprint density at radius 1 is 0.735 bits per heavy atom. The van der Waals surface area contributed by atoms with Gasteiger partial charge in [0.15, 0.2) is 11.6 Å². The van der Waals surface area contributed by atoms with Crippen LogP contribution in [0.25, 0.3) is 0 Å². The van der Waals surface area contributed by atoms with Crippen LogP contribution in [0.2, 0.25) is 0 Å². The molecule has 0 radical (unpaired) electrons. The van der Waals surface area contributed by atoms with E-state index in [2.05, 4.69) is 6.92 Å². The van der Waals surface area contributed by atoms with Crippen LogP contribution < -0.4 is 0 Å². The van der Waals surface area contributed by atoms with Gasteiger partial charge in [-0.3, -0.25) is 0 Å². The summed E-state index contributed by atoms with van der Waals surface area (Å²) in [6.45, 7) is 4.11. The highest BCUT2D eigenvalue weighted by molar-refractivity contribution is 5.32. The van der Waals surface area contributed by atoms with Gasteiger partial charge in [0.25, 0.3) is 0 Å². The summed E-state index contributed by atoms with van der Waals surface area (Å²) in [5, 5.41) is 0. The lowest BCUT2D eigenvalue weighted by atomic mass is 9.76. The van der Waals surface area contributed by atoms with E-state index in [1.807, 2.05) is 12.1 Å². The predicted octanol–water partition coefficient (Wildman–Crippen LogP) is 9.28. The Hall–Kier alpha value is -1.36. The first kappa shape index (κ1) is 25.7. The second kappa shape index (κ2) is 11.6. The summed E-state index contributed by atoms with van der Waals surface area (Å²) in [4.78, 5) is 0. The molecular weight excluding hydrogens is 440 g/mol. The minimum absolute atomic E-state index is 0.0201. The predicted molar refractivity (Wildman–Crippen MR) is 128 cm³/mol. The van der Waals surface area contributed by atoms with Gasteiger partial charge < -0.3 is 4.74 Å². The molecule has 3 aliphatic rings. The lowest BCUT2D eigenvalue weighted by Crippen LogP contribution is -2.26. The molecule has 2 unspecified atom stereocenters. The van der Waals surface area contributed by atoms with Gasteiger partial charge in [-0.15, -0.1) is 0 Å². The monoisotopic (exact) mass is 480 g/mol. The zero-order valence-electron chi connectivity index (χ0n) is 20.7. The van der Waals surface area contributed by atoms with Crippen molar-refractivity contribution in [2.45, 2.75) is 109 Å². The fourth-order valence-electron chi connectivity index (χ4n) is 6.46. The molecule has 1 aromatic carbocycles. The van der Waals surface area contributed by atoms with Crippen molar-refractivity contribution in [3.63, 3.8) is 0 Å². The average molecular weight is 481 g/mol. The third-order valence-corrected chi connectivity index (χ3v) is 8.74. The van der Waals surface area contributed by atoms with Crippen molar-refractivity contribution in [1.82, 2.24) is 0 Å². The Labute approximate surface area is 202 Å². The zero-order valence-corrected chi connectivity index (χ0v) is 20.7. The Morgan fingerprint density at radius 2 is 1.29 bits per heavy atom. The van der Waals surface area contributed by atoms with Crippen LogP contribution in [0.1, 0.15) is 114 Å². The van der Waals surface area contributed by atoms with E-state index in [0.29, 0.717) is 24.0 Å². The van der Waals surface area contributed by atoms with E-state index in [1.165, 1.54) is 12.8 Å². The highest BCUT2D eigenvalue weighted by atomic mass is 19.2. The standard InChI is InChI=1S/C29H40F4O/c1-3-4-19-6-9-20(10-7-19)24-15-16-25(29(33)28(24)32)21-11-13-23(14-12-21)34-17-22-8-5-18(2)26(30)27(22)31/h15-16,18-23H,3-14,17H2,1-2H3. The molecule has 0 heterocycles. The Bertz CT molecular complexity index is 850. The van der Waals surface area contributed by atoms with Gasteiger partial charge in [-0.05, 0) is 93.1 Å². The van der Waals surface area contributed by atoms with Crippen LogP contribution in [0.4, 0.5) is 17.6 Å². The quantitative estimate of drug-likeness (QED) is 0.353. The van der Waals surface area contributed by atoms with Crippen molar-refractivity contribution in [3.05, 3.63) is 46.5 Å². The first-order valence-electron chi connectivity index (χ1n) is 13.5. The van der Waals surface area contributed by atoms with Crippen LogP contribution in [0.5, 0.6) is 0 Å². The van der Waals surface area contributed by atoms with Crippen molar-refractivity contribution in [1.29, 1.82) is 0 Å². The van der Waals surface area contributed by atoms with Crippen LogP contribution in [0.15, 0.2) is 23.8 Å². The van der Waals surface area contributed by atoms with Gasteiger partial charge in [0.1, 0.15) is 11.7 Å². The minimum Gasteiger partial charge on any atom is -0.377 e. The molecule has 0 bridgehead atoms. The molecule has 190 valence electrons. The molecule has 4 rings (SSSR count). The van der Waals surface area contributed by atoms with Gasteiger partial charge in [0, 0.05) is 11.8 Å². The van der Waals surface area contributed by atoms with Gasteiger partial charge in [0.2, 0.25) is 0 Å². The number of hydrogen-bond acceptors (Lipinski definition) is 1. The van der Waals surface area contributed by atoms with E-state index >= 15 is 8.78 Å². The van der Waals surface area contributed by atoms with Gasteiger partial charge in [-0.2, -0.15) is 0 Å². The number of allylic oxidation sites excluding steroid dienone is 1. The largest absolute Gasteiger partial charge is 0.377 e. The lowest BCUT2D eigenvalue weighted by Gasteiger charge is -2.32. The van der Waals surface area contributed by atoms with E-state index in [9.17, 15) is 8.78 Å². The number of ether oxygens (including phenoxy) is 1. The third kappa shape index (κ3) is 5.71. The summed E-state index contributed by atoms with van der Waals surface area (Å²) < 4.78 is 64.2. The Balaban J connectivity index is 1.30. The topological polar surface area (TPSA) is 9.23 Å². The van der Waals surface area contributed by atoms with Crippen molar-refractivity contribution >= 4 is 0 Å². The molecule has 0 saturated heterocycles. The first-order chi connectivity index (χ1) is 16.4. The second-order valence-electron chi connectivity index (χ2n) is 11.1. The van der Waals surface area contributed by atoms with Crippen LogP contribution in [0.3, 0.4) is 0 Å². The molecule has 5 heteroatoms. The SMILES string of the molecule is CCCC1CCC(c2ccc(C3CCC(OCC4CCC(C)C(F)=C4F)CC3)c(F)c2F)CC1. The molecule has 0 N–H and O–H groups in total. The molecule has 1 aromatic rings. The van der Waals surface area contributed by atoms with E-state index in [1.54, 1.807) is 6.92 Å². The summed E-state index contributed by atoms with van der Waals surface area (Å²) in [5.74, 6) is -2.59. The Morgan fingerprint density at radius 3 is 1.85 bits per heavy atom. The average Bonchev–Trinajstić information content (AvgIpc) is 2.85. The Kier molecular flexibility index (Phi) is 8.76. The molecule has 2 saturated carbocycles. The summed E-state index contributed by atoms with van der Waals surface area (Å²) in [6, 6.07) is 3.64. The maximum atomic E-state index is 15.1. The molecule has 1 nitrogen and oxygen atoms in total. The molecule has 2 fully saturated rings. The molecule has 2 atom stereocenters. The van der Waals surface area contributed by atoms with Crippen molar-refractivity contribution in [2.24, 2.45) is 17.8 Å². The highest BCUT2D eigenvalue weighted by Gasteiger charge is 2.32. The van der Waals surface area contributed by atoms with E-state index < -0.39 is 29.2 Å². The fourth-order valence-corrected chi connectivity index (χ4v) is 6.46. The second-order valence-corrected chi connectivity index (χ2v) is 11.1. The molecular formula is C29H40F4O. The number of hydrogen-bond donors (Lipinski definition) is 0. The zero-order chi connectivity index (χ0) is 24.2. The van der Waals surface area contributed by atoms with Gasteiger partial charge in [-0.25, -0.2) is 17.6 Å². The van der Waals surface area contributed by atoms with E-state index in [0.717, 1.165) is 57.3 Å². The maximum absolute atomic E-state index is 15.1. The molecule has 0 aliphatic heterocycles. The third-order valence-electron chi connectivity index (χ3n) is 8.74. The summed E-state index contributed by atoms with van der Waals surface area (Å²) in [7, 11) is 0. The van der Waals surface area contributed by atoms with Crippen molar-refractivity contribution < 1.29 is 22.3 Å². The van der Waals surface area contributed by atoms with Gasteiger partial charge >= 0.3 is 0 Å². The van der Waals surface area contributed by atoms with Gasteiger partial charge in [0.05, 0.1) is 12.7 Å². The summed E-state index contributed by atoms with van der Waals surface area (Å²) in [6.07, 6.45) is 10.6. The molecule has 0 spiro atoms. The maximum Gasteiger partial charge on any atom is 0.162 e. The molecule has 0 aromatic heterocycles. The van der Waals surface area contributed by atoms with E-state index in [-0.39, 0.29) is 30.5 Å². The van der Waals surface area contributed by atoms with Crippen LogP contribution in [-0.2, 0) is 4.74 Å². The molecule has 3 aliphatic carbocycles. The lowest BCUT2D eigenvalue weighted by molar-refractivity contribution is 0.00228. The van der Waals surface area contributed by atoms with Crippen LogP contribution >= 0.6 is 0 Å². The van der Waals surface area contributed by atoms with Crippen molar-refractivity contribution in [3.8, 4) is 0 Å². The normalized spacial score (nSPS) is 32.8. The minimum atomic E-state index is -0.670. The molecule has 0 amide bonds. The van der Waals surface area contributed by atoms with Gasteiger partial charge in [-0.1, -0.05) is 38.8 Å². The fraction of sp³-hybridized carbons (Fsp3) is 0.724. The molecule has 34 heavy (non-hydrogen) atoms. The smallest absolute Gasteiger partial charge is 0.162 e. The number of benzene rings is 1. The number of halogens is 4. The van der Waals surface area contributed by atoms with Crippen LogP contribution in [0, 0.1) is 29.4 Å². The first-order valence-corrected chi connectivity index (χ1v) is 13.5. The highest BCUT2D eigenvalue weighted by Crippen LogP contribution is 2.42. The number of rotatable bonds is 7. The van der Waals surface area contributed by atoms with Crippen molar-refractivity contribution in [2.75, 3.05) is 6.61 Å². The van der Waals surface area contributed by atoms with Crippen LogP contribution in [-0.4, -0.2) is 12.7 Å².